The van der Waals surface area contributed by atoms with Crippen LogP contribution in [0.1, 0.15) is 33.4 Å². The number of hydrogen-bond donors (Lipinski definition) is 0. The summed E-state index contributed by atoms with van der Waals surface area (Å²) in [6.07, 6.45) is 1.78. The zero-order valence-corrected chi connectivity index (χ0v) is 19.9. The summed E-state index contributed by atoms with van der Waals surface area (Å²) in [5, 5.41) is 0. The van der Waals surface area contributed by atoms with E-state index in [0.717, 1.165) is 35.9 Å². The van der Waals surface area contributed by atoms with Crippen LogP contribution in [0.2, 0.25) is 0 Å². The van der Waals surface area contributed by atoms with E-state index in [0.29, 0.717) is 0 Å². The van der Waals surface area contributed by atoms with Gasteiger partial charge in [-0.25, -0.2) is 9.97 Å². The zero-order chi connectivity index (χ0) is 23.5. The summed E-state index contributed by atoms with van der Waals surface area (Å²) in [5.74, 6) is 2.00. The number of para-hydroxylation sites is 1. The monoisotopic (exact) mass is 451 g/mol. The Morgan fingerprint density at radius 1 is 0.514 bits per heavy atom. The van der Waals surface area contributed by atoms with Crippen molar-refractivity contribution >= 4 is 17.3 Å². The summed E-state index contributed by atoms with van der Waals surface area (Å²) in [7, 11) is 0. The molecular weight excluding hydrogens is 426 g/mol. The molecule has 0 amide bonds. The lowest BCUT2D eigenvalue weighted by molar-refractivity contribution is 0.958. The highest BCUT2D eigenvalue weighted by atomic mass is 15.3. The SMILES string of the molecule is Cc1ccccc1-c1ccc2c(n1)N1c3nc(-c4ccccc4C)ccc3Cc3cccc(c31)C2. The second-order valence-electron chi connectivity index (χ2n) is 9.60. The number of aryl methyl sites for hydroxylation is 2. The topological polar surface area (TPSA) is 29.0 Å². The molecule has 5 aromatic rings. The van der Waals surface area contributed by atoms with Gasteiger partial charge in [-0.15, -0.1) is 0 Å². The minimum Gasteiger partial charge on any atom is -0.278 e. The molecule has 0 bridgehead atoms. The Morgan fingerprint density at radius 3 is 1.49 bits per heavy atom. The van der Waals surface area contributed by atoms with Crippen molar-refractivity contribution in [1.29, 1.82) is 0 Å². The predicted molar refractivity (Wildman–Crippen MR) is 143 cm³/mol. The molecule has 0 atom stereocenters. The number of rotatable bonds is 2. The van der Waals surface area contributed by atoms with E-state index < -0.39 is 0 Å². The number of aromatic nitrogens is 2. The molecule has 3 aromatic carbocycles. The van der Waals surface area contributed by atoms with Gasteiger partial charge in [-0.3, -0.25) is 4.90 Å². The molecule has 0 saturated heterocycles. The minimum absolute atomic E-state index is 0.892. The summed E-state index contributed by atoms with van der Waals surface area (Å²) in [6.45, 7) is 4.30. The van der Waals surface area contributed by atoms with Gasteiger partial charge in [0.05, 0.1) is 17.1 Å². The first-order valence-electron chi connectivity index (χ1n) is 12.2. The second-order valence-corrected chi connectivity index (χ2v) is 9.60. The summed E-state index contributed by atoms with van der Waals surface area (Å²) < 4.78 is 0. The lowest BCUT2D eigenvalue weighted by Gasteiger charge is -2.37. The van der Waals surface area contributed by atoms with Crippen molar-refractivity contribution in [1.82, 2.24) is 9.97 Å². The molecule has 2 aromatic heterocycles. The van der Waals surface area contributed by atoms with Gasteiger partial charge in [0, 0.05) is 24.0 Å². The van der Waals surface area contributed by atoms with Crippen molar-refractivity contribution in [3.8, 4) is 22.5 Å². The Morgan fingerprint density at radius 2 is 1.00 bits per heavy atom. The van der Waals surface area contributed by atoms with E-state index in [1.807, 2.05) is 0 Å². The van der Waals surface area contributed by atoms with E-state index >= 15 is 0 Å². The van der Waals surface area contributed by atoms with Gasteiger partial charge in [-0.1, -0.05) is 78.9 Å². The van der Waals surface area contributed by atoms with E-state index in [-0.39, 0.29) is 0 Å². The van der Waals surface area contributed by atoms with Crippen LogP contribution in [0.25, 0.3) is 22.5 Å². The molecule has 2 aliphatic heterocycles. The lowest BCUT2D eigenvalue weighted by atomic mass is 9.88. The van der Waals surface area contributed by atoms with Gasteiger partial charge in [0.15, 0.2) is 0 Å². The predicted octanol–water partition coefficient (Wildman–Crippen LogP) is 7.71. The summed E-state index contributed by atoms with van der Waals surface area (Å²) in [4.78, 5) is 12.9. The van der Waals surface area contributed by atoms with E-state index in [1.165, 1.54) is 50.2 Å². The number of fused-ring (bicyclic) bond motifs is 4. The van der Waals surface area contributed by atoms with Gasteiger partial charge in [0.2, 0.25) is 0 Å². The fourth-order valence-electron chi connectivity index (χ4n) is 5.58. The molecule has 0 spiro atoms. The third-order valence-corrected chi connectivity index (χ3v) is 7.37. The van der Waals surface area contributed by atoms with E-state index in [1.54, 1.807) is 0 Å². The third-order valence-electron chi connectivity index (χ3n) is 7.37. The first-order chi connectivity index (χ1) is 17.2. The standard InChI is InChI=1S/C32H25N3/c1-20-8-3-5-12-26(20)28-16-14-24-18-22-10-7-11-23-19-25-15-17-29(27-13-6-4-9-21(27)2)34-32(25)35(30(22)23)31(24)33-28/h3-17H,18-19H2,1-2H3. The molecule has 3 heteroatoms. The number of anilines is 3. The smallest absolute Gasteiger partial charge is 0.143 e. The molecule has 0 fully saturated rings. The molecule has 4 heterocycles. The van der Waals surface area contributed by atoms with Crippen molar-refractivity contribution in [2.75, 3.05) is 4.90 Å². The van der Waals surface area contributed by atoms with Gasteiger partial charge in [-0.2, -0.15) is 0 Å². The molecule has 0 aliphatic carbocycles. The Labute approximate surface area is 205 Å². The highest BCUT2D eigenvalue weighted by Crippen LogP contribution is 2.49. The zero-order valence-electron chi connectivity index (χ0n) is 19.9. The number of nitrogens with zero attached hydrogens (tertiary/aromatic N) is 3. The van der Waals surface area contributed by atoms with Crippen molar-refractivity contribution in [3.63, 3.8) is 0 Å². The van der Waals surface area contributed by atoms with Crippen LogP contribution in [0, 0.1) is 13.8 Å². The molecule has 0 saturated carbocycles. The largest absolute Gasteiger partial charge is 0.278 e. The van der Waals surface area contributed by atoms with Crippen LogP contribution >= 0.6 is 0 Å². The molecule has 168 valence electrons. The number of pyridine rings is 2. The van der Waals surface area contributed by atoms with Crippen LogP contribution in [0.4, 0.5) is 17.3 Å². The van der Waals surface area contributed by atoms with Crippen molar-refractivity contribution in [3.05, 3.63) is 124 Å². The highest BCUT2D eigenvalue weighted by Gasteiger charge is 2.33. The van der Waals surface area contributed by atoms with Crippen LogP contribution in [-0.2, 0) is 12.8 Å². The van der Waals surface area contributed by atoms with Gasteiger partial charge >= 0.3 is 0 Å². The molecular formula is C32H25N3. The van der Waals surface area contributed by atoms with E-state index in [9.17, 15) is 0 Å². The Hall–Kier alpha value is -4.24. The molecule has 35 heavy (non-hydrogen) atoms. The van der Waals surface area contributed by atoms with Gasteiger partial charge < -0.3 is 0 Å². The maximum atomic E-state index is 5.28. The molecule has 3 nitrogen and oxygen atoms in total. The lowest BCUT2D eigenvalue weighted by Crippen LogP contribution is -2.26. The molecule has 0 N–H and O–H groups in total. The average Bonchev–Trinajstić information content (AvgIpc) is 2.89. The second kappa shape index (κ2) is 7.64. The van der Waals surface area contributed by atoms with Gasteiger partial charge in [0.1, 0.15) is 11.6 Å². The maximum Gasteiger partial charge on any atom is 0.143 e. The van der Waals surface area contributed by atoms with Crippen LogP contribution in [-0.4, -0.2) is 9.97 Å². The van der Waals surface area contributed by atoms with Crippen molar-refractivity contribution in [2.45, 2.75) is 26.7 Å². The van der Waals surface area contributed by atoms with Crippen molar-refractivity contribution < 1.29 is 0 Å². The van der Waals surface area contributed by atoms with E-state index in [2.05, 4.69) is 110 Å². The molecule has 0 radical (unpaired) electrons. The Bertz CT molecular complexity index is 1520. The fourth-order valence-corrected chi connectivity index (χ4v) is 5.58. The highest BCUT2D eigenvalue weighted by molar-refractivity contribution is 5.87. The normalized spacial score (nSPS) is 13.1. The van der Waals surface area contributed by atoms with Crippen LogP contribution in [0.15, 0.2) is 91.0 Å². The number of benzene rings is 3. The van der Waals surface area contributed by atoms with Gasteiger partial charge in [-0.05, 0) is 59.4 Å². The molecule has 7 rings (SSSR count). The first kappa shape index (κ1) is 20.2. The van der Waals surface area contributed by atoms with Gasteiger partial charge in [0.25, 0.3) is 0 Å². The minimum atomic E-state index is 0.892. The summed E-state index contributed by atoms with van der Waals surface area (Å²) in [5.41, 5.74) is 13.2. The summed E-state index contributed by atoms with van der Waals surface area (Å²) in [6, 6.07) is 32.5. The maximum absolute atomic E-state index is 5.28. The third kappa shape index (κ3) is 3.12. The van der Waals surface area contributed by atoms with Crippen LogP contribution in [0.5, 0.6) is 0 Å². The number of hydrogen-bond acceptors (Lipinski definition) is 3. The summed E-state index contributed by atoms with van der Waals surface area (Å²) >= 11 is 0. The quantitative estimate of drug-likeness (QED) is 0.270. The van der Waals surface area contributed by atoms with Crippen LogP contribution in [0.3, 0.4) is 0 Å². The average molecular weight is 452 g/mol. The first-order valence-corrected chi connectivity index (χ1v) is 12.2. The van der Waals surface area contributed by atoms with E-state index in [4.69, 9.17) is 9.97 Å². The van der Waals surface area contributed by atoms with Crippen molar-refractivity contribution in [2.24, 2.45) is 0 Å². The Balaban J connectivity index is 1.46. The fraction of sp³-hybridized carbons (Fsp3) is 0.125. The molecule has 2 aliphatic rings. The molecule has 0 unspecified atom stereocenters. The van der Waals surface area contributed by atoms with Crippen LogP contribution < -0.4 is 4.90 Å². The Kier molecular flexibility index (Phi) is 4.40.